The zero-order valence-corrected chi connectivity index (χ0v) is 13.3. The molecule has 0 saturated heterocycles. The normalized spacial score (nSPS) is 10.7. The zero-order valence-electron chi connectivity index (χ0n) is 10.2. The zero-order chi connectivity index (χ0) is 13.3. The van der Waals surface area contributed by atoms with E-state index in [0.29, 0.717) is 15.2 Å². The second-order valence-electron chi connectivity index (χ2n) is 3.84. The van der Waals surface area contributed by atoms with E-state index < -0.39 is 0 Å². The van der Waals surface area contributed by atoms with Gasteiger partial charge in [-0.1, -0.05) is 11.6 Å². The van der Waals surface area contributed by atoms with Crippen LogP contribution < -0.4 is 0 Å². The summed E-state index contributed by atoms with van der Waals surface area (Å²) in [5.74, 6) is 0. The lowest BCUT2D eigenvalue weighted by Crippen LogP contribution is -1.98. The minimum Gasteiger partial charge on any atom is -0.247 e. The van der Waals surface area contributed by atoms with Crippen molar-refractivity contribution in [3.8, 4) is 0 Å². The van der Waals surface area contributed by atoms with Gasteiger partial charge in [-0.15, -0.1) is 0 Å². The summed E-state index contributed by atoms with van der Waals surface area (Å²) < 4.78 is 0.856. The van der Waals surface area contributed by atoms with Crippen LogP contribution in [-0.4, -0.2) is 15.0 Å². The molecule has 0 N–H and O–H groups in total. The molecule has 0 bridgehead atoms. The number of pyridine rings is 1. The minimum absolute atomic E-state index is 0.592. The fourth-order valence-corrected chi connectivity index (χ4v) is 2.90. The first-order chi connectivity index (χ1) is 8.47. The lowest BCUT2D eigenvalue weighted by molar-refractivity contribution is 0.878. The van der Waals surface area contributed by atoms with E-state index >= 15 is 0 Å². The van der Waals surface area contributed by atoms with Gasteiger partial charge in [-0.25, -0.2) is 15.0 Å². The summed E-state index contributed by atoms with van der Waals surface area (Å²) in [4.78, 5) is 13.1. The van der Waals surface area contributed by atoms with Crippen LogP contribution >= 0.6 is 39.3 Å². The maximum Gasteiger partial charge on any atom is 0.194 e. The summed E-state index contributed by atoms with van der Waals surface area (Å²) in [6.07, 6.45) is 1.71. The Bertz CT molecular complexity index is 581. The highest BCUT2D eigenvalue weighted by Crippen LogP contribution is 2.31. The van der Waals surface area contributed by atoms with Gasteiger partial charge in [-0.3, -0.25) is 0 Å². The number of nitrogens with zero attached hydrogens (tertiary/aromatic N) is 3. The Hall–Kier alpha value is -0.650. The van der Waals surface area contributed by atoms with Gasteiger partial charge >= 0.3 is 0 Å². The van der Waals surface area contributed by atoms with Crippen LogP contribution in [0.1, 0.15) is 17.0 Å². The smallest absolute Gasteiger partial charge is 0.194 e. The molecule has 0 unspecified atom stereocenters. The molecule has 18 heavy (non-hydrogen) atoms. The summed E-state index contributed by atoms with van der Waals surface area (Å²) in [5, 5.41) is 1.98. The van der Waals surface area contributed by atoms with E-state index in [1.54, 1.807) is 6.20 Å². The summed E-state index contributed by atoms with van der Waals surface area (Å²) in [6, 6.07) is 1.81. The van der Waals surface area contributed by atoms with Crippen LogP contribution in [0.15, 0.2) is 26.9 Å². The molecular weight excluding hydrogens is 334 g/mol. The largest absolute Gasteiger partial charge is 0.247 e. The predicted molar refractivity (Wildman–Crippen MR) is 77.3 cm³/mol. The molecule has 2 heterocycles. The van der Waals surface area contributed by atoms with Crippen molar-refractivity contribution in [1.29, 1.82) is 0 Å². The maximum absolute atomic E-state index is 6.12. The van der Waals surface area contributed by atoms with Crippen LogP contribution in [0.3, 0.4) is 0 Å². The first kappa shape index (κ1) is 13.8. The van der Waals surface area contributed by atoms with Crippen LogP contribution in [0.4, 0.5) is 0 Å². The molecule has 0 spiro atoms. The number of hydrogen-bond acceptors (Lipinski definition) is 4. The maximum atomic E-state index is 6.12. The van der Waals surface area contributed by atoms with Crippen molar-refractivity contribution < 1.29 is 0 Å². The Labute approximate surface area is 124 Å². The van der Waals surface area contributed by atoms with Crippen LogP contribution in [0.5, 0.6) is 0 Å². The van der Waals surface area contributed by atoms with Gasteiger partial charge in [0.25, 0.3) is 0 Å². The monoisotopic (exact) mass is 343 g/mol. The quantitative estimate of drug-likeness (QED) is 0.759. The van der Waals surface area contributed by atoms with E-state index in [0.717, 1.165) is 21.4 Å². The predicted octanol–water partition coefficient (Wildman–Crippen LogP) is 4.36. The first-order valence-electron chi connectivity index (χ1n) is 5.28. The van der Waals surface area contributed by atoms with E-state index in [-0.39, 0.29) is 0 Å². The van der Waals surface area contributed by atoms with E-state index in [1.807, 2.05) is 26.8 Å². The number of aromatic nitrogens is 3. The van der Waals surface area contributed by atoms with Crippen molar-refractivity contribution in [1.82, 2.24) is 15.0 Å². The molecule has 2 aromatic rings. The highest BCUT2D eigenvalue weighted by Gasteiger charge is 2.10. The molecule has 0 aliphatic carbocycles. The molecule has 0 aliphatic rings. The standard InChI is InChI=1S/C12H11BrClN3S/c1-6-7(2)16-12(17-8(6)3)18-11-10(14)4-9(13)5-15-11/h4-5H,1-3H3. The lowest BCUT2D eigenvalue weighted by atomic mass is 10.2. The van der Waals surface area contributed by atoms with Crippen molar-refractivity contribution in [2.24, 2.45) is 0 Å². The van der Waals surface area contributed by atoms with Crippen molar-refractivity contribution in [2.45, 2.75) is 31.0 Å². The SMILES string of the molecule is Cc1nc(Sc2ncc(Br)cc2Cl)nc(C)c1C. The summed E-state index contributed by atoms with van der Waals surface area (Å²) in [7, 11) is 0. The topological polar surface area (TPSA) is 38.7 Å². The molecular formula is C12H11BrClN3S. The molecule has 0 aromatic carbocycles. The van der Waals surface area contributed by atoms with Crippen molar-refractivity contribution >= 4 is 39.3 Å². The van der Waals surface area contributed by atoms with Gasteiger partial charge < -0.3 is 0 Å². The highest BCUT2D eigenvalue weighted by atomic mass is 79.9. The third-order valence-corrected chi connectivity index (χ3v) is 4.29. The molecule has 0 atom stereocenters. The molecule has 0 radical (unpaired) electrons. The average molecular weight is 345 g/mol. The van der Waals surface area contributed by atoms with Crippen LogP contribution in [0, 0.1) is 20.8 Å². The van der Waals surface area contributed by atoms with Crippen LogP contribution in [0.25, 0.3) is 0 Å². The Morgan fingerprint density at radius 2 is 1.78 bits per heavy atom. The number of rotatable bonds is 2. The summed E-state index contributed by atoms with van der Waals surface area (Å²) >= 11 is 10.8. The van der Waals surface area contributed by atoms with Gasteiger partial charge in [0.05, 0.1) is 5.02 Å². The third kappa shape index (κ3) is 3.02. The van der Waals surface area contributed by atoms with Crippen molar-refractivity contribution in [3.63, 3.8) is 0 Å². The van der Waals surface area contributed by atoms with E-state index in [9.17, 15) is 0 Å². The molecule has 94 valence electrons. The van der Waals surface area contributed by atoms with E-state index in [4.69, 9.17) is 11.6 Å². The molecule has 0 saturated carbocycles. The first-order valence-corrected chi connectivity index (χ1v) is 7.27. The van der Waals surface area contributed by atoms with Crippen molar-refractivity contribution in [3.05, 3.63) is 38.7 Å². The molecule has 0 fully saturated rings. The minimum atomic E-state index is 0.592. The fourth-order valence-electron chi connectivity index (χ4n) is 1.35. The molecule has 0 aliphatic heterocycles. The second-order valence-corrected chi connectivity index (χ2v) is 6.12. The Morgan fingerprint density at radius 3 is 2.33 bits per heavy atom. The van der Waals surface area contributed by atoms with E-state index in [2.05, 4.69) is 30.9 Å². The summed E-state index contributed by atoms with van der Waals surface area (Å²) in [6.45, 7) is 5.97. The van der Waals surface area contributed by atoms with Gasteiger partial charge in [0.2, 0.25) is 0 Å². The van der Waals surface area contributed by atoms with Gasteiger partial charge in [-0.2, -0.15) is 0 Å². The Morgan fingerprint density at radius 1 is 1.17 bits per heavy atom. The van der Waals surface area contributed by atoms with Crippen molar-refractivity contribution in [2.75, 3.05) is 0 Å². The average Bonchev–Trinajstić information content (AvgIpc) is 2.29. The van der Waals surface area contributed by atoms with E-state index in [1.165, 1.54) is 11.8 Å². The number of hydrogen-bond donors (Lipinski definition) is 0. The van der Waals surface area contributed by atoms with Crippen LogP contribution in [0.2, 0.25) is 5.02 Å². The van der Waals surface area contributed by atoms with Gasteiger partial charge in [-0.05, 0) is 60.1 Å². The molecule has 3 nitrogen and oxygen atoms in total. The van der Waals surface area contributed by atoms with Gasteiger partial charge in [0.1, 0.15) is 5.03 Å². The molecule has 0 amide bonds. The summed E-state index contributed by atoms with van der Waals surface area (Å²) in [5.41, 5.74) is 3.09. The third-order valence-electron chi connectivity index (χ3n) is 2.57. The molecule has 6 heteroatoms. The van der Waals surface area contributed by atoms with Gasteiger partial charge in [0, 0.05) is 22.1 Å². The highest BCUT2D eigenvalue weighted by molar-refractivity contribution is 9.10. The second kappa shape index (κ2) is 5.55. The molecule has 2 aromatic heterocycles. The molecule has 2 rings (SSSR count). The number of halogens is 2. The Balaban J connectivity index is 2.34. The Kier molecular flexibility index (Phi) is 4.25. The fraction of sp³-hybridized carbons (Fsp3) is 0.250. The van der Waals surface area contributed by atoms with Gasteiger partial charge in [0.15, 0.2) is 5.16 Å². The lowest BCUT2D eigenvalue weighted by Gasteiger charge is -2.07. The van der Waals surface area contributed by atoms with Crippen LogP contribution in [-0.2, 0) is 0 Å². The number of aryl methyl sites for hydroxylation is 2.